The largest absolute Gasteiger partial charge is 0.496 e. The molecule has 2 aliphatic rings. The fourth-order valence-electron chi connectivity index (χ4n) is 2.96. The summed E-state index contributed by atoms with van der Waals surface area (Å²) >= 11 is 0. The van der Waals surface area contributed by atoms with Crippen molar-refractivity contribution >= 4 is 18.4 Å². The molecule has 7 heteroatoms. The molecule has 1 aromatic heterocycles. The molecule has 3 rings (SSSR count). The van der Waals surface area contributed by atoms with E-state index in [2.05, 4.69) is 21.7 Å². The van der Waals surface area contributed by atoms with Crippen LogP contribution in [0.3, 0.4) is 0 Å². The van der Waals surface area contributed by atoms with E-state index in [1.54, 1.807) is 6.20 Å². The molecule has 0 saturated carbocycles. The summed E-state index contributed by atoms with van der Waals surface area (Å²) < 4.78 is 12.1. The molecule has 0 spiro atoms. The van der Waals surface area contributed by atoms with Gasteiger partial charge in [-0.1, -0.05) is 0 Å². The van der Waals surface area contributed by atoms with Crippen LogP contribution in [0.25, 0.3) is 0 Å². The summed E-state index contributed by atoms with van der Waals surface area (Å²) in [5.41, 5.74) is 0.481. The molecule has 2 N–H and O–H groups in total. The van der Waals surface area contributed by atoms with E-state index in [0.29, 0.717) is 17.4 Å². The predicted octanol–water partition coefficient (Wildman–Crippen LogP) is 1.42. The molecule has 2 fully saturated rings. The van der Waals surface area contributed by atoms with Crippen LogP contribution in [0.1, 0.15) is 46.1 Å². The third-order valence-electron chi connectivity index (χ3n) is 5.19. The van der Waals surface area contributed by atoms with Gasteiger partial charge < -0.3 is 19.9 Å². The standard InChI is InChI=1S/C17H25BN4O2/c1-16(2)17(3,4)24-18(23-16)13-8-12(9-19)15(21-10-13)22-14-6-5-7-20-11-14/h8,10,14,20H,5-7,11H2,1-4H3,(H,21,22)/t14-/m1/s1. The Hall–Kier alpha value is -1.62. The summed E-state index contributed by atoms with van der Waals surface area (Å²) in [6, 6.07) is 4.35. The molecule has 0 aliphatic carbocycles. The first kappa shape index (κ1) is 17.2. The van der Waals surface area contributed by atoms with Gasteiger partial charge in [-0.25, -0.2) is 4.98 Å². The zero-order valence-corrected chi connectivity index (χ0v) is 14.8. The van der Waals surface area contributed by atoms with Crippen molar-refractivity contribution in [3.8, 4) is 6.07 Å². The Labute approximate surface area is 144 Å². The third kappa shape index (κ3) is 3.27. The molecule has 2 saturated heterocycles. The Balaban J connectivity index is 1.78. The van der Waals surface area contributed by atoms with Crippen molar-refractivity contribution < 1.29 is 9.31 Å². The second kappa shape index (κ2) is 6.36. The monoisotopic (exact) mass is 328 g/mol. The van der Waals surface area contributed by atoms with Crippen molar-refractivity contribution in [3.63, 3.8) is 0 Å². The van der Waals surface area contributed by atoms with E-state index < -0.39 is 18.3 Å². The minimum absolute atomic E-state index is 0.307. The second-order valence-corrected chi connectivity index (χ2v) is 7.55. The van der Waals surface area contributed by atoms with Crippen LogP contribution in [0.2, 0.25) is 0 Å². The molecular formula is C17H25BN4O2. The van der Waals surface area contributed by atoms with Crippen molar-refractivity contribution in [2.45, 2.75) is 57.8 Å². The van der Waals surface area contributed by atoms with Crippen LogP contribution in [0.15, 0.2) is 12.3 Å². The average molecular weight is 328 g/mol. The lowest BCUT2D eigenvalue weighted by Crippen LogP contribution is -2.41. The van der Waals surface area contributed by atoms with Crippen molar-refractivity contribution in [2.75, 3.05) is 18.4 Å². The highest BCUT2D eigenvalue weighted by molar-refractivity contribution is 6.62. The molecule has 1 aromatic rings. The Morgan fingerprint density at radius 1 is 1.33 bits per heavy atom. The smallest absolute Gasteiger partial charge is 0.399 e. The third-order valence-corrected chi connectivity index (χ3v) is 5.19. The summed E-state index contributed by atoms with van der Waals surface area (Å²) in [4.78, 5) is 4.46. The fourth-order valence-corrected chi connectivity index (χ4v) is 2.96. The number of hydrogen-bond acceptors (Lipinski definition) is 6. The van der Waals surface area contributed by atoms with Crippen molar-refractivity contribution in [3.05, 3.63) is 17.8 Å². The quantitative estimate of drug-likeness (QED) is 0.817. The number of nitrogens with zero attached hydrogens (tertiary/aromatic N) is 2. The summed E-state index contributed by atoms with van der Waals surface area (Å²) in [6.07, 6.45) is 3.95. The molecule has 0 radical (unpaired) electrons. The van der Waals surface area contributed by atoms with Crippen molar-refractivity contribution in [1.29, 1.82) is 5.26 Å². The van der Waals surface area contributed by atoms with Crippen LogP contribution in [0.4, 0.5) is 5.82 Å². The van der Waals surface area contributed by atoms with Gasteiger partial charge in [-0.15, -0.1) is 0 Å². The SMILES string of the molecule is CC1(C)OB(c2cnc(N[C@@H]3CCCNC3)c(C#N)c2)OC1(C)C. The maximum Gasteiger partial charge on any atom is 0.496 e. The molecule has 3 heterocycles. The first-order valence-electron chi connectivity index (χ1n) is 8.55. The molecule has 1 atom stereocenters. The number of piperidine rings is 1. The lowest BCUT2D eigenvalue weighted by atomic mass is 9.79. The summed E-state index contributed by atoms with van der Waals surface area (Å²) in [5.74, 6) is 0.631. The summed E-state index contributed by atoms with van der Waals surface area (Å²) in [7, 11) is -0.500. The van der Waals surface area contributed by atoms with Gasteiger partial charge in [0.05, 0.1) is 16.8 Å². The molecule has 24 heavy (non-hydrogen) atoms. The number of hydrogen-bond donors (Lipinski definition) is 2. The van der Waals surface area contributed by atoms with Gasteiger partial charge in [0.25, 0.3) is 0 Å². The van der Waals surface area contributed by atoms with E-state index in [9.17, 15) is 5.26 Å². The first-order valence-corrected chi connectivity index (χ1v) is 8.55. The molecule has 0 aromatic carbocycles. The van der Waals surface area contributed by atoms with Crippen LogP contribution in [-0.2, 0) is 9.31 Å². The van der Waals surface area contributed by atoms with E-state index in [1.807, 2.05) is 33.8 Å². The Kier molecular flexibility index (Phi) is 4.56. The Morgan fingerprint density at radius 3 is 2.62 bits per heavy atom. The van der Waals surface area contributed by atoms with Gasteiger partial charge in [-0.05, 0) is 53.1 Å². The highest BCUT2D eigenvalue weighted by Gasteiger charge is 2.51. The van der Waals surface area contributed by atoms with Gasteiger partial charge >= 0.3 is 7.12 Å². The molecule has 2 aliphatic heterocycles. The van der Waals surface area contributed by atoms with Crippen LogP contribution >= 0.6 is 0 Å². The van der Waals surface area contributed by atoms with Crippen LogP contribution in [-0.4, -0.2) is 42.4 Å². The maximum atomic E-state index is 9.49. The predicted molar refractivity (Wildman–Crippen MR) is 94.2 cm³/mol. The number of pyridine rings is 1. The molecule has 6 nitrogen and oxygen atoms in total. The zero-order chi connectivity index (χ0) is 17.4. The van der Waals surface area contributed by atoms with Gasteiger partial charge in [-0.2, -0.15) is 5.26 Å². The average Bonchev–Trinajstić information content (AvgIpc) is 2.77. The second-order valence-electron chi connectivity index (χ2n) is 7.55. The number of anilines is 1. The van der Waals surface area contributed by atoms with Gasteiger partial charge in [0.15, 0.2) is 0 Å². The minimum atomic E-state index is -0.500. The normalized spacial score (nSPS) is 25.3. The van der Waals surface area contributed by atoms with Crippen LogP contribution < -0.4 is 16.1 Å². The minimum Gasteiger partial charge on any atom is -0.399 e. The van der Waals surface area contributed by atoms with Gasteiger partial charge in [0, 0.05) is 24.2 Å². The Bertz CT molecular complexity index is 634. The van der Waals surface area contributed by atoms with E-state index >= 15 is 0 Å². The van der Waals surface area contributed by atoms with Gasteiger partial charge in [-0.3, -0.25) is 0 Å². The highest BCUT2D eigenvalue weighted by atomic mass is 16.7. The topological polar surface area (TPSA) is 79.2 Å². The number of nitriles is 1. The first-order chi connectivity index (χ1) is 11.3. The van der Waals surface area contributed by atoms with E-state index in [0.717, 1.165) is 31.4 Å². The summed E-state index contributed by atoms with van der Waals surface area (Å²) in [6.45, 7) is 9.99. The number of aromatic nitrogens is 1. The fraction of sp³-hybridized carbons (Fsp3) is 0.647. The maximum absolute atomic E-state index is 9.49. The van der Waals surface area contributed by atoms with Gasteiger partial charge in [0.2, 0.25) is 0 Å². The molecule has 0 amide bonds. The van der Waals surface area contributed by atoms with E-state index in [4.69, 9.17) is 9.31 Å². The summed E-state index contributed by atoms with van der Waals surface area (Å²) in [5, 5.41) is 16.2. The van der Waals surface area contributed by atoms with Gasteiger partial charge in [0.1, 0.15) is 11.9 Å². The zero-order valence-electron chi connectivity index (χ0n) is 14.8. The van der Waals surface area contributed by atoms with Crippen molar-refractivity contribution in [1.82, 2.24) is 10.3 Å². The van der Waals surface area contributed by atoms with Crippen molar-refractivity contribution in [2.24, 2.45) is 0 Å². The number of rotatable bonds is 3. The lowest BCUT2D eigenvalue weighted by molar-refractivity contribution is 0.00578. The highest BCUT2D eigenvalue weighted by Crippen LogP contribution is 2.36. The molecule has 0 unspecified atom stereocenters. The Morgan fingerprint density at radius 2 is 2.04 bits per heavy atom. The van der Waals surface area contributed by atoms with E-state index in [1.165, 1.54) is 0 Å². The molecular weight excluding hydrogens is 303 g/mol. The number of nitrogens with one attached hydrogen (secondary N) is 2. The van der Waals surface area contributed by atoms with Crippen LogP contribution in [0.5, 0.6) is 0 Å². The molecule has 0 bridgehead atoms. The lowest BCUT2D eigenvalue weighted by Gasteiger charge is -2.32. The van der Waals surface area contributed by atoms with E-state index in [-0.39, 0.29) is 0 Å². The molecule has 128 valence electrons. The van der Waals surface area contributed by atoms with Crippen LogP contribution in [0, 0.1) is 11.3 Å².